The smallest absolute Gasteiger partial charge is 0.237 e. The van der Waals surface area contributed by atoms with Crippen LogP contribution in [-0.4, -0.2) is 47.7 Å². The second-order valence-electron chi connectivity index (χ2n) is 6.04. The summed E-state index contributed by atoms with van der Waals surface area (Å²) in [7, 11) is 0. The van der Waals surface area contributed by atoms with Crippen LogP contribution >= 0.6 is 0 Å². The molecule has 1 saturated heterocycles. The number of carbonyl (C=O) groups is 1. The molecule has 1 rings (SSSR count). The molecule has 19 heavy (non-hydrogen) atoms. The maximum absolute atomic E-state index is 12.1. The Morgan fingerprint density at radius 2 is 1.89 bits per heavy atom. The van der Waals surface area contributed by atoms with E-state index in [-0.39, 0.29) is 30.0 Å². The van der Waals surface area contributed by atoms with Gasteiger partial charge in [0.2, 0.25) is 5.91 Å². The fourth-order valence-electron chi connectivity index (χ4n) is 2.64. The van der Waals surface area contributed by atoms with Gasteiger partial charge in [0.1, 0.15) is 0 Å². The first-order valence-corrected chi connectivity index (χ1v) is 7.63. The molecule has 1 aliphatic heterocycles. The Balaban J connectivity index is 2.48. The first-order chi connectivity index (χ1) is 8.98. The normalized spacial score (nSPS) is 22.8. The highest BCUT2D eigenvalue weighted by Crippen LogP contribution is 2.34. The summed E-state index contributed by atoms with van der Waals surface area (Å²) in [4.78, 5) is 14.3. The molecule has 112 valence electrons. The van der Waals surface area contributed by atoms with Crippen LogP contribution in [0.25, 0.3) is 0 Å². The summed E-state index contributed by atoms with van der Waals surface area (Å²) < 4.78 is 0. The lowest BCUT2D eigenvalue weighted by Crippen LogP contribution is -2.52. The van der Waals surface area contributed by atoms with Crippen LogP contribution in [-0.2, 0) is 4.79 Å². The van der Waals surface area contributed by atoms with Crippen molar-refractivity contribution in [3.63, 3.8) is 0 Å². The SMILES string of the molecule is CCC(C)NC(=O)C(C)N1CCC(CC)(CO)CC1. The topological polar surface area (TPSA) is 52.6 Å². The summed E-state index contributed by atoms with van der Waals surface area (Å²) in [6.07, 6.45) is 3.95. The van der Waals surface area contributed by atoms with Gasteiger partial charge in [-0.1, -0.05) is 13.8 Å². The van der Waals surface area contributed by atoms with E-state index in [1.165, 1.54) is 0 Å². The molecule has 1 aliphatic rings. The van der Waals surface area contributed by atoms with Gasteiger partial charge in [0, 0.05) is 12.6 Å². The third-order valence-corrected chi connectivity index (χ3v) is 4.87. The lowest BCUT2D eigenvalue weighted by Gasteiger charge is -2.42. The van der Waals surface area contributed by atoms with Gasteiger partial charge in [-0.2, -0.15) is 0 Å². The van der Waals surface area contributed by atoms with E-state index >= 15 is 0 Å². The van der Waals surface area contributed by atoms with E-state index in [0.29, 0.717) is 0 Å². The molecule has 0 saturated carbocycles. The molecule has 0 aromatic carbocycles. The zero-order valence-corrected chi connectivity index (χ0v) is 12.9. The van der Waals surface area contributed by atoms with Crippen molar-refractivity contribution in [3.05, 3.63) is 0 Å². The van der Waals surface area contributed by atoms with E-state index in [4.69, 9.17) is 0 Å². The first kappa shape index (κ1) is 16.4. The van der Waals surface area contributed by atoms with Crippen LogP contribution < -0.4 is 5.32 Å². The highest BCUT2D eigenvalue weighted by molar-refractivity contribution is 5.81. The van der Waals surface area contributed by atoms with E-state index in [0.717, 1.165) is 38.8 Å². The number of likely N-dealkylation sites (tertiary alicyclic amines) is 1. The summed E-state index contributed by atoms with van der Waals surface area (Å²) in [6, 6.07) is 0.175. The van der Waals surface area contributed by atoms with Crippen molar-refractivity contribution in [2.45, 2.75) is 65.5 Å². The van der Waals surface area contributed by atoms with Crippen LogP contribution in [0.1, 0.15) is 53.4 Å². The van der Waals surface area contributed by atoms with Gasteiger partial charge in [-0.15, -0.1) is 0 Å². The van der Waals surface area contributed by atoms with Crippen LogP contribution in [0, 0.1) is 5.41 Å². The summed E-state index contributed by atoms with van der Waals surface area (Å²) in [5.74, 6) is 0.127. The number of aliphatic hydroxyl groups is 1. The molecule has 0 aromatic heterocycles. The molecular formula is C15H30N2O2. The van der Waals surface area contributed by atoms with Crippen molar-refractivity contribution in [1.29, 1.82) is 0 Å². The molecule has 0 aromatic rings. The summed E-state index contributed by atoms with van der Waals surface area (Å²) in [5, 5.41) is 12.6. The molecule has 2 N–H and O–H groups in total. The Bertz CT molecular complexity index is 280. The third kappa shape index (κ3) is 4.18. The van der Waals surface area contributed by atoms with E-state index < -0.39 is 0 Å². The van der Waals surface area contributed by atoms with Gasteiger partial charge in [0.15, 0.2) is 0 Å². The number of carbonyl (C=O) groups excluding carboxylic acids is 1. The number of nitrogens with one attached hydrogen (secondary N) is 1. The molecule has 1 amide bonds. The number of hydrogen-bond donors (Lipinski definition) is 2. The maximum Gasteiger partial charge on any atom is 0.237 e. The second-order valence-corrected chi connectivity index (χ2v) is 6.04. The zero-order chi connectivity index (χ0) is 14.5. The largest absolute Gasteiger partial charge is 0.396 e. The maximum atomic E-state index is 12.1. The third-order valence-electron chi connectivity index (χ3n) is 4.87. The van der Waals surface area contributed by atoms with Gasteiger partial charge in [0.25, 0.3) is 0 Å². The zero-order valence-electron chi connectivity index (χ0n) is 12.9. The molecule has 0 aliphatic carbocycles. The molecule has 2 unspecified atom stereocenters. The minimum Gasteiger partial charge on any atom is -0.396 e. The Hall–Kier alpha value is -0.610. The van der Waals surface area contributed by atoms with Crippen LogP contribution in [0.2, 0.25) is 0 Å². The highest BCUT2D eigenvalue weighted by Gasteiger charge is 2.35. The van der Waals surface area contributed by atoms with Crippen molar-refractivity contribution < 1.29 is 9.90 Å². The quantitative estimate of drug-likeness (QED) is 0.773. The summed E-state index contributed by atoms with van der Waals surface area (Å²) in [6.45, 7) is 10.3. The molecule has 4 heteroatoms. The molecule has 1 heterocycles. The van der Waals surface area contributed by atoms with E-state index in [1.54, 1.807) is 0 Å². The predicted octanol–water partition coefficient (Wildman–Crippen LogP) is 1.77. The van der Waals surface area contributed by atoms with Gasteiger partial charge in [-0.3, -0.25) is 9.69 Å². The number of aliphatic hydroxyl groups excluding tert-OH is 1. The fourth-order valence-corrected chi connectivity index (χ4v) is 2.64. The number of piperidine rings is 1. The number of rotatable bonds is 6. The number of hydrogen-bond acceptors (Lipinski definition) is 3. The molecular weight excluding hydrogens is 240 g/mol. The molecule has 0 bridgehead atoms. The fraction of sp³-hybridized carbons (Fsp3) is 0.933. The monoisotopic (exact) mass is 270 g/mol. The molecule has 1 fully saturated rings. The lowest BCUT2D eigenvalue weighted by atomic mass is 9.76. The summed E-state index contributed by atoms with van der Waals surface area (Å²) in [5.41, 5.74) is 0.0867. The van der Waals surface area contributed by atoms with E-state index in [1.807, 2.05) is 13.8 Å². The van der Waals surface area contributed by atoms with E-state index in [9.17, 15) is 9.90 Å². The van der Waals surface area contributed by atoms with Gasteiger partial charge >= 0.3 is 0 Å². The minimum absolute atomic E-state index is 0.0671. The standard InChI is InChI=1S/C15H30N2O2/c1-5-12(3)16-14(19)13(4)17-9-7-15(6-2,11-18)8-10-17/h12-13,18H,5-11H2,1-4H3,(H,16,19). The average molecular weight is 270 g/mol. The van der Waals surface area contributed by atoms with Crippen molar-refractivity contribution in [2.75, 3.05) is 19.7 Å². The number of amides is 1. The number of nitrogens with zero attached hydrogens (tertiary/aromatic N) is 1. The Morgan fingerprint density at radius 3 is 2.32 bits per heavy atom. The van der Waals surface area contributed by atoms with Crippen molar-refractivity contribution in [3.8, 4) is 0 Å². The van der Waals surface area contributed by atoms with Crippen molar-refractivity contribution in [1.82, 2.24) is 10.2 Å². The van der Waals surface area contributed by atoms with E-state index in [2.05, 4.69) is 24.1 Å². The predicted molar refractivity (Wildman–Crippen MR) is 78.0 cm³/mol. The van der Waals surface area contributed by atoms with Gasteiger partial charge < -0.3 is 10.4 Å². The molecule has 2 atom stereocenters. The second kappa shape index (κ2) is 7.25. The molecule has 4 nitrogen and oxygen atoms in total. The van der Waals surface area contributed by atoms with Crippen molar-refractivity contribution >= 4 is 5.91 Å². The van der Waals surface area contributed by atoms with Crippen LogP contribution in [0.5, 0.6) is 0 Å². The Morgan fingerprint density at radius 1 is 1.32 bits per heavy atom. The molecule has 0 spiro atoms. The van der Waals surface area contributed by atoms with Crippen LogP contribution in [0.4, 0.5) is 0 Å². The van der Waals surface area contributed by atoms with Crippen LogP contribution in [0.15, 0.2) is 0 Å². The van der Waals surface area contributed by atoms with Crippen molar-refractivity contribution in [2.24, 2.45) is 5.41 Å². The first-order valence-electron chi connectivity index (χ1n) is 7.63. The van der Waals surface area contributed by atoms with Gasteiger partial charge in [-0.05, 0) is 58.0 Å². The molecule has 0 radical (unpaired) electrons. The minimum atomic E-state index is -0.0671. The Labute approximate surface area is 117 Å². The van der Waals surface area contributed by atoms with Gasteiger partial charge in [0.05, 0.1) is 6.04 Å². The average Bonchev–Trinajstić information content (AvgIpc) is 2.46. The van der Waals surface area contributed by atoms with Gasteiger partial charge in [-0.25, -0.2) is 0 Å². The Kier molecular flexibility index (Phi) is 6.27. The van der Waals surface area contributed by atoms with Crippen LogP contribution in [0.3, 0.4) is 0 Å². The highest BCUT2D eigenvalue weighted by atomic mass is 16.3. The lowest BCUT2D eigenvalue weighted by molar-refractivity contribution is -0.127. The summed E-state index contributed by atoms with van der Waals surface area (Å²) >= 11 is 0.